The van der Waals surface area contributed by atoms with Crippen molar-refractivity contribution in [1.82, 2.24) is 9.88 Å². The summed E-state index contributed by atoms with van der Waals surface area (Å²) in [6, 6.07) is 3.93. The van der Waals surface area contributed by atoms with Crippen LogP contribution in [0.3, 0.4) is 0 Å². The van der Waals surface area contributed by atoms with Gasteiger partial charge in [-0.05, 0) is 34.7 Å². The molecular formula is C8H11IN2O. The minimum Gasteiger partial charge on any atom is -0.351 e. The third kappa shape index (κ3) is 7.46. The molecule has 1 heterocycles. The molecule has 0 spiro atoms. The van der Waals surface area contributed by atoms with Crippen LogP contribution in [0, 0.1) is 3.57 Å². The van der Waals surface area contributed by atoms with Crippen molar-refractivity contribution in [1.29, 1.82) is 0 Å². The Morgan fingerprint density at radius 2 is 2.17 bits per heavy atom. The van der Waals surface area contributed by atoms with Crippen LogP contribution in [0.5, 0.6) is 0 Å². The average Bonchev–Trinajstić information content (AvgIpc) is 2.07. The predicted octanol–water partition coefficient (Wildman–Crippen LogP) is 1.39. The SMILES string of the molecule is CN(C)C=O.Ic1cccnc1. The first kappa shape index (κ1) is 11.4. The molecule has 0 saturated carbocycles. The Balaban J connectivity index is 0.000000217. The van der Waals surface area contributed by atoms with Gasteiger partial charge in [0, 0.05) is 30.1 Å². The molecule has 0 unspecified atom stereocenters. The zero-order valence-electron chi connectivity index (χ0n) is 7.07. The maximum Gasteiger partial charge on any atom is 0.209 e. The van der Waals surface area contributed by atoms with Gasteiger partial charge in [-0.15, -0.1) is 0 Å². The van der Waals surface area contributed by atoms with E-state index in [0.29, 0.717) is 0 Å². The number of rotatable bonds is 1. The van der Waals surface area contributed by atoms with Crippen molar-refractivity contribution in [2.24, 2.45) is 0 Å². The smallest absolute Gasteiger partial charge is 0.209 e. The summed E-state index contributed by atoms with van der Waals surface area (Å²) >= 11 is 2.22. The second-order valence-corrected chi connectivity index (χ2v) is 3.49. The Morgan fingerprint density at radius 3 is 2.33 bits per heavy atom. The van der Waals surface area contributed by atoms with Crippen LogP contribution in [0.25, 0.3) is 0 Å². The van der Waals surface area contributed by atoms with Crippen LogP contribution < -0.4 is 0 Å². The van der Waals surface area contributed by atoms with E-state index in [4.69, 9.17) is 0 Å². The lowest BCUT2D eigenvalue weighted by Gasteiger charge is -1.93. The number of nitrogens with zero attached hydrogens (tertiary/aromatic N) is 2. The maximum absolute atomic E-state index is 9.43. The molecule has 0 fully saturated rings. The van der Waals surface area contributed by atoms with E-state index in [1.165, 1.54) is 8.47 Å². The lowest BCUT2D eigenvalue weighted by atomic mass is 10.5. The van der Waals surface area contributed by atoms with E-state index in [2.05, 4.69) is 27.6 Å². The van der Waals surface area contributed by atoms with E-state index in [1.807, 2.05) is 18.3 Å². The second kappa shape index (κ2) is 7.02. The number of carbonyl (C=O) groups excluding carboxylic acids is 1. The van der Waals surface area contributed by atoms with Gasteiger partial charge < -0.3 is 4.90 Å². The van der Waals surface area contributed by atoms with E-state index < -0.39 is 0 Å². The lowest BCUT2D eigenvalue weighted by Crippen LogP contribution is -2.06. The zero-order valence-corrected chi connectivity index (χ0v) is 9.22. The van der Waals surface area contributed by atoms with Crippen LogP contribution in [0.4, 0.5) is 0 Å². The first-order valence-corrected chi connectivity index (χ1v) is 4.42. The van der Waals surface area contributed by atoms with Crippen molar-refractivity contribution >= 4 is 29.0 Å². The van der Waals surface area contributed by atoms with Crippen molar-refractivity contribution < 1.29 is 4.79 Å². The van der Waals surface area contributed by atoms with Crippen LogP contribution in [0.2, 0.25) is 0 Å². The van der Waals surface area contributed by atoms with E-state index in [-0.39, 0.29) is 0 Å². The maximum atomic E-state index is 9.43. The molecule has 12 heavy (non-hydrogen) atoms. The molecule has 1 amide bonds. The molecule has 0 aromatic carbocycles. The van der Waals surface area contributed by atoms with E-state index >= 15 is 0 Å². The molecule has 3 nitrogen and oxygen atoms in total. The lowest BCUT2D eigenvalue weighted by molar-refractivity contribution is -0.115. The number of amides is 1. The summed E-state index contributed by atoms with van der Waals surface area (Å²) in [6.45, 7) is 0. The number of hydrogen-bond donors (Lipinski definition) is 0. The molecule has 0 N–H and O–H groups in total. The summed E-state index contributed by atoms with van der Waals surface area (Å²) in [5.41, 5.74) is 0. The van der Waals surface area contributed by atoms with Gasteiger partial charge in [-0.1, -0.05) is 0 Å². The zero-order chi connectivity index (χ0) is 9.40. The Kier molecular flexibility index (Phi) is 6.64. The number of halogens is 1. The largest absolute Gasteiger partial charge is 0.351 e. The molecule has 1 aromatic rings. The molecule has 4 heteroatoms. The van der Waals surface area contributed by atoms with Crippen LogP contribution in [-0.4, -0.2) is 30.4 Å². The summed E-state index contributed by atoms with van der Waals surface area (Å²) in [5.74, 6) is 0. The molecular weight excluding hydrogens is 267 g/mol. The number of aromatic nitrogens is 1. The summed E-state index contributed by atoms with van der Waals surface area (Å²) in [4.78, 5) is 14.8. The predicted molar refractivity (Wildman–Crippen MR) is 56.7 cm³/mol. The minimum absolute atomic E-state index is 0.750. The average molecular weight is 278 g/mol. The Labute approximate surface area is 85.9 Å². The van der Waals surface area contributed by atoms with Gasteiger partial charge in [-0.2, -0.15) is 0 Å². The van der Waals surface area contributed by atoms with Crippen molar-refractivity contribution in [2.75, 3.05) is 14.1 Å². The van der Waals surface area contributed by atoms with Crippen LogP contribution >= 0.6 is 22.6 Å². The Hall–Kier alpha value is -0.650. The fourth-order valence-electron chi connectivity index (χ4n) is 0.342. The first-order valence-electron chi connectivity index (χ1n) is 3.34. The van der Waals surface area contributed by atoms with Crippen molar-refractivity contribution in [3.63, 3.8) is 0 Å². The van der Waals surface area contributed by atoms with E-state index in [1.54, 1.807) is 20.3 Å². The summed E-state index contributed by atoms with van der Waals surface area (Å²) in [7, 11) is 3.38. The van der Waals surface area contributed by atoms with Crippen LogP contribution in [-0.2, 0) is 4.79 Å². The highest BCUT2D eigenvalue weighted by atomic mass is 127. The summed E-state index contributed by atoms with van der Waals surface area (Å²) in [5, 5.41) is 0. The normalized spacial score (nSPS) is 7.92. The Morgan fingerprint density at radius 1 is 1.58 bits per heavy atom. The fraction of sp³-hybridized carbons (Fsp3) is 0.250. The second-order valence-electron chi connectivity index (χ2n) is 2.24. The third-order valence-corrected chi connectivity index (χ3v) is 1.47. The molecule has 1 rings (SSSR count). The molecule has 0 aliphatic rings. The fourth-order valence-corrected chi connectivity index (χ4v) is 0.710. The van der Waals surface area contributed by atoms with Gasteiger partial charge in [0.2, 0.25) is 6.41 Å². The molecule has 66 valence electrons. The van der Waals surface area contributed by atoms with Crippen molar-refractivity contribution in [3.05, 3.63) is 28.1 Å². The van der Waals surface area contributed by atoms with Gasteiger partial charge in [0.05, 0.1) is 0 Å². The minimum atomic E-state index is 0.750. The van der Waals surface area contributed by atoms with Gasteiger partial charge >= 0.3 is 0 Å². The quantitative estimate of drug-likeness (QED) is 0.574. The van der Waals surface area contributed by atoms with Crippen LogP contribution in [0.1, 0.15) is 0 Å². The highest BCUT2D eigenvalue weighted by Gasteiger charge is 1.75. The van der Waals surface area contributed by atoms with E-state index in [9.17, 15) is 4.79 Å². The van der Waals surface area contributed by atoms with Gasteiger partial charge in [0.25, 0.3) is 0 Å². The topological polar surface area (TPSA) is 33.2 Å². The molecule has 0 atom stereocenters. The summed E-state index contributed by atoms with van der Waals surface area (Å²) in [6.07, 6.45) is 4.34. The number of pyridine rings is 1. The number of hydrogen-bond acceptors (Lipinski definition) is 2. The van der Waals surface area contributed by atoms with Crippen LogP contribution in [0.15, 0.2) is 24.5 Å². The van der Waals surface area contributed by atoms with Gasteiger partial charge in [0.1, 0.15) is 0 Å². The molecule has 0 aliphatic heterocycles. The third-order valence-electron chi connectivity index (χ3n) is 0.836. The number of carbonyl (C=O) groups is 1. The molecule has 0 bridgehead atoms. The highest BCUT2D eigenvalue weighted by molar-refractivity contribution is 14.1. The van der Waals surface area contributed by atoms with Gasteiger partial charge in [-0.25, -0.2) is 0 Å². The monoisotopic (exact) mass is 278 g/mol. The van der Waals surface area contributed by atoms with Gasteiger partial charge in [0.15, 0.2) is 0 Å². The first-order chi connectivity index (χ1) is 5.66. The summed E-state index contributed by atoms with van der Waals surface area (Å²) < 4.78 is 1.18. The molecule has 0 saturated heterocycles. The molecule has 1 aromatic heterocycles. The molecule has 0 radical (unpaired) electrons. The highest BCUT2D eigenvalue weighted by Crippen LogP contribution is 1.97. The van der Waals surface area contributed by atoms with Crippen molar-refractivity contribution in [2.45, 2.75) is 0 Å². The van der Waals surface area contributed by atoms with E-state index in [0.717, 1.165) is 6.41 Å². The Bertz CT molecular complexity index is 214. The van der Waals surface area contributed by atoms with Crippen molar-refractivity contribution in [3.8, 4) is 0 Å². The standard InChI is InChI=1S/C5H4IN.C3H7NO/c6-5-2-1-3-7-4-5;1-4(2)3-5/h1-4H;3H,1-2H3. The molecule has 0 aliphatic carbocycles. The van der Waals surface area contributed by atoms with Gasteiger partial charge in [-0.3, -0.25) is 9.78 Å².